The SMILES string of the molecule is CCN(CCOC)CC1C=CC(C)C1. The van der Waals surface area contributed by atoms with Crippen molar-refractivity contribution in [2.24, 2.45) is 11.8 Å². The van der Waals surface area contributed by atoms with Crippen LogP contribution < -0.4 is 0 Å². The van der Waals surface area contributed by atoms with Gasteiger partial charge in [0.1, 0.15) is 0 Å². The molecule has 0 aromatic carbocycles. The first-order valence-corrected chi connectivity index (χ1v) is 5.65. The minimum Gasteiger partial charge on any atom is -0.383 e. The van der Waals surface area contributed by atoms with Crippen LogP contribution in [-0.4, -0.2) is 38.3 Å². The van der Waals surface area contributed by atoms with Gasteiger partial charge in [0.2, 0.25) is 0 Å². The van der Waals surface area contributed by atoms with E-state index in [-0.39, 0.29) is 0 Å². The van der Waals surface area contributed by atoms with Crippen LogP contribution in [0.1, 0.15) is 20.3 Å². The molecular formula is C12H23NO. The summed E-state index contributed by atoms with van der Waals surface area (Å²) >= 11 is 0. The summed E-state index contributed by atoms with van der Waals surface area (Å²) in [5.41, 5.74) is 0. The molecule has 0 amide bonds. The fraction of sp³-hybridized carbons (Fsp3) is 0.833. The second-order valence-corrected chi connectivity index (χ2v) is 4.24. The zero-order valence-corrected chi connectivity index (χ0v) is 9.70. The summed E-state index contributed by atoms with van der Waals surface area (Å²) in [6.07, 6.45) is 6.04. The quantitative estimate of drug-likeness (QED) is 0.605. The minimum atomic E-state index is 0.766. The van der Waals surface area contributed by atoms with Crippen molar-refractivity contribution in [1.82, 2.24) is 4.90 Å². The van der Waals surface area contributed by atoms with Crippen LogP contribution in [-0.2, 0) is 4.74 Å². The minimum absolute atomic E-state index is 0.766. The number of nitrogens with zero attached hydrogens (tertiary/aromatic N) is 1. The molecule has 1 rings (SSSR count). The van der Waals surface area contributed by atoms with Crippen molar-refractivity contribution in [3.8, 4) is 0 Å². The van der Waals surface area contributed by atoms with Crippen molar-refractivity contribution in [3.05, 3.63) is 12.2 Å². The van der Waals surface area contributed by atoms with Crippen molar-refractivity contribution in [2.45, 2.75) is 20.3 Å². The maximum Gasteiger partial charge on any atom is 0.0589 e. The van der Waals surface area contributed by atoms with Gasteiger partial charge in [0, 0.05) is 20.2 Å². The largest absolute Gasteiger partial charge is 0.383 e. The summed E-state index contributed by atoms with van der Waals surface area (Å²) < 4.78 is 5.10. The zero-order valence-electron chi connectivity index (χ0n) is 9.70. The molecule has 0 aromatic rings. The molecule has 2 heteroatoms. The second-order valence-electron chi connectivity index (χ2n) is 4.24. The molecule has 0 aromatic heterocycles. The van der Waals surface area contributed by atoms with Gasteiger partial charge in [-0.15, -0.1) is 0 Å². The fourth-order valence-corrected chi connectivity index (χ4v) is 2.05. The molecule has 2 nitrogen and oxygen atoms in total. The first kappa shape index (κ1) is 11.7. The lowest BCUT2D eigenvalue weighted by atomic mass is 10.0. The molecule has 2 unspecified atom stereocenters. The fourth-order valence-electron chi connectivity index (χ4n) is 2.05. The Bertz CT molecular complexity index is 179. The van der Waals surface area contributed by atoms with Crippen molar-refractivity contribution in [2.75, 3.05) is 33.4 Å². The van der Waals surface area contributed by atoms with Crippen molar-refractivity contribution in [3.63, 3.8) is 0 Å². The lowest BCUT2D eigenvalue weighted by Gasteiger charge is -2.23. The van der Waals surface area contributed by atoms with Crippen molar-refractivity contribution in [1.29, 1.82) is 0 Å². The highest BCUT2D eigenvalue weighted by molar-refractivity contribution is 5.01. The van der Waals surface area contributed by atoms with Crippen LogP contribution in [0.3, 0.4) is 0 Å². The van der Waals surface area contributed by atoms with E-state index in [0.29, 0.717) is 0 Å². The Labute approximate surface area is 87.9 Å². The third kappa shape index (κ3) is 3.81. The molecule has 0 radical (unpaired) electrons. The maximum absolute atomic E-state index is 5.10. The molecule has 0 saturated carbocycles. The standard InChI is InChI=1S/C12H23NO/c1-4-13(7-8-14-3)10-12-6-5-11(2)9-12/h5-6,11-12H,4,7-10H2,1-3H3. The highest BCUT2D eigenvalue weighted by atomic mass is 16.5. The molecular weight excluding hydrogens is 174 g/mol. The first-order valence-electron chi connectivity index (χ1n) is 5.65. The highest BCUT2D eigenvalue weighted by Gasteiger charge is 2.17. The number of rotatable bonds is 6. The predicted molar refractivity (Wildman–Crippen MR) is 60.4 cm³/mol. The molecule has 0 bridgehead atoms. The van der Waals surface area contributed by atoms with Crippen molar-refractivity contribution >= 4 is 0 Å². The van der Waals surface area contributed by atoms with E-state index in [1.807, 2.05) is 0 Å². The van der Waals surface area contributed by atoms with Gasteiger partial charge < -0.3 is 9.64 Å². The molecule has 2 atom stereocenters. The van der Waals surface area contributed by atoms with Crippen LogP contribution in [0.4, 0.5) is 0 Å². The third-order valence-electron chi connectivity index (χ3n) is 2.94. The van der Waals surface area contributed by atoms with Crippen molar-refractivity contribution < 1.29 is 4.74 Å². The van der Waals surface area contributed by atoms with Gasteiger partial charge in [0.25, 0.3) is 0 Å². The molecule has 0 heterocycles. The molecule has 0 fully saturated rings. The zero-order chi connectivity index (χ0) is 10.4. The van der Waals surface area contributed by atoms with Gasteiger partial charge in [-0.1, -0.05) is 26.0 Å². The number of hydrogen-bond donors (Lipinski definition) is 0. The number of likely N-dealkylation sites (N-methyl/N-ethyl adjacent to an activating group) is 1. The van der Waals surface area contributed by atoms with Crippen LogP contribution in [0, 0.1) is 11.8 Å². The van der Waals surface area contributed by atoms with E-state index >= 15 is 0 Å². The molecule has 1 aliphatic carbocycles. The number of methoxy groups -OCH3 is 1. The average molecular weight is 197 g/mol. The Morgan fingerprint density at radius 1 is 1.43 bits per heavy atom. The van der Waals surface area contributed by atoms with Gasteiger partial charge >= 0.3 is 0 Å². The van der Waals surface area contributed by atoms with Gasteiger partial charge in [0.15, 0.2) is 0 Å². The molecule has 0 N–H and O–H groups in total. The molecule has 14 heavy (non-hydrogen) atoms. The Balaban J connectivity index is 2.23. The van der Waals surface area contributed by atoms with Crippen LogP contribution in [0.25, 0.3) is 0 Å². The van der Waals surface area contributed by atoms with E-state index < -0.39 is 0 Å². The normalized spacial score (nSPS) is 26.3. The van der Waals surface area contributed by atoms with Gasteiger partial charge in [-0.3, -0.25) is 0 Å². The molecule has 82 valence electrons. The molecule has 0 saturated heterocycles. The van der Waals surface area contributed by atoms with E-state index in [1.165, 1.54) is 13.0 Å². The number of allylic oxidation sites excluding steroid dienone is 1. The molecule has 0 spiro atoms. The number of ether oxygens (including phenoxy) is 1. The van der Waals surface area contributed by atoms with Crippen LogP contribution in [0.15, 0.2) is 12.2 Å². The Morgan fingerprint density at radius 3 is 2.71 bits per heavy atom. The van der Waals surface area contributed by atoms with Crippen LogP contribution in [0.2, 0.25) is 0 Å². The molecule has 0 aliphatic heterocycles. The van der Waals surface area contributed by atoms with E-state index in [1.54, 1.807) is 7.11 Å². The maximum atomic E-state index is 5.10. The van der Waals surface area contributed by atoms with E-state index in [0.717, 1.165) is 31.5 Å². The third-order valence-corrected chi connectivity index (χ3v) is 2.94. The second kappa shape index (κ2) is 6.20. The van der Waals surface area contributed by atoms with Crippen LogP contribution >= 0.6 is 0 Å². The van der Waals surface area contributed by atoms with Gasteiger partial charge in [-0.2, -0.15) is 0 Å². The summed E-state index contributed by atoms with van der Waals surface area (Å²) in [6, 6.07) is 0. The summed E-state index contributed by atoms with van der Waals surface area (Å²) in [4.78, 5) is 2.47. The van der Waals surface area contributed by atoms with Gasteiger partial charge in [0.05, 0.1) is 6.61 Å². The highest BCUT2D eigenvalue weighted by Crippen LogP contribution is 2.23. The first-order chi connectivity index (χ1) is 6.76. The molecule has 1 aliphatic rings. The number of hydrogen-bond acceptors (Lipinski definition) is 2. The smallest absolute Gasteiger partial charge is 0.0589 e. The lowest BCUT2D eigenvalue weighted by molar-refractivity contribution is 0.143. The van der Waals surface area contributed by atoms with E-state index in [4.69, 9.17) is 4.74 Å². The lowest BCUT2D eigenvalue weighted by Crippen LogP contribution is -2.31. The van der Waals surface area contributed by atoms with E-state index in [9.17, 15) is 0 Å². The topological polar surface area (TPSA) is 12.5 Å². The Kier molecular flexibility index (Phi) is 5.20. The Morgan fingerprint density at radius 2 is 2.21 bits per heavy atom. The predicted octanol–water partition coefficient (Wildman–Crippen LogP) is 2.17. The van der Waals surface area contributed by atoms with E-state index in [2.05, 4.69) is 30.9 Å². The summed E-state index contributed by atoms with van der Waals surface area (Å²) in [6.45, 7) is 8.74. The summed E-state index contributed by atoms with van der Waals surface area (Å²) in [5.74, 6) is 1.54. The summed E-state index contributed by atoms with van der Waals surface area (Å²) in [7, 11) is 1.77. The van der Waals surface area contributed by atoms with Crippen LogP contribution in [0.5, 0.6) is 0 Å². The summed E-state index contributed by atoms with van der Waals surface area (Å²) in [5, 5.41) is 0. The monoisotopic (exact) mass is 197 g/mol. The Hall–Kier alpha value is -0.340. The van der Waals surface area contributed by atoms with Gasteiger partial charge in [-0.25, -0.2) is 0 Å². The average Bonchev–Trinajstić information content (AvgIpc) is 2.58. The van der Waals surface area contributed by atoms with Gasteiger partial charge in [-0.05, 0) is 24.8 Å².